The predicted molar refractivity (Wildman–Crippen MR) is 125 cm³/mol. The molecule has 2 aliphatic rings. The highest BCUT2D eigenvalue weighted by Crippen LogP contribution is 2.41. The average molecular weight is 475 g/mol. The Bertz CT molecular complexity index is 1050. The van der Waals surface area contributed by atoms with Crippen molar-refractivity contribution in [2.75, 3.05) is 32.1 Å². The van der Waals surface area contributed by atoms with Crippen molar-refractivity contribution >= 4 is 34.6 Å². The van der Waals surface area contributed by atoms with E-state index in [1.165, 1.54) is 30.0 Å². The van der Waals surface area contributed by atoms with Crippen molar-refractivity contribution in [1.29, 1.82) is 0 Å². The monoisotopic (exact) mass is 474 g/mol. The molecule has 0 radical (unpaired) electrons. The lowest BCUT2D eigenvalue weighted by atomic mass is 9.80. The third-order valence-corrected chi connectivity index (χ3v) is 6.03. The van der Waals surface area contributed by atoms with Crippen molar-refractivity contribution in [2.45, 2.75) is 26.7 Å². The number of carbonyl (C=O) groups is 2. The van der Waals surface area contributed by atoms with Gasteiger partial charge in [0.25, 0.3) is 5.69 Å². The van der Waals surface area contributed by atoms with Crippen molar-refractivity contribution in [3.05, 3.63) is 62.5 Å². The molecule has 10 nitrogen and oxygen atoms in total. The lowest BCUT2D eigenvalue weighted by molar-refractivity contribution is -0.384. The van der Waals surface area contributed by atoms with Crippen LogP contribution in [0.25, 0.3) is 0 Å². The number of esters is 2. The van der Waals surface area contributed by atoms with Crippen molar-refractivity contribution in [3.63, 3.8) is 0 Å². The maximum Gasteiger partial charge on any atom is 0.336 e. The smallest absolute Gasteiger partial charge is 0.336 e. The molecule has 0 aromatic heterocycles. The number of nitro groups is 1. The van der Waals surface area contributed by atoms with E-state index in [2.05, 4.69) is 15.6 Å². The number of benzene rings is 1. The minimum absolute atomic E-state index is 0.135. The maximum absolute atomic E-state index is 13.2. The normalized spacial score (nSPS) is 17.8. The molecule has 0 spiro atoms. The van der Waals surface area contributed by atoms with Crippen LogP contribution in [-0.4, -0.2) is 54.1 Å². The van der Waals surface area contributed by atoms with Gasteiger partial charge >= 0.3 is 11.9 Å². The fourth-order valence-corrected chi connectivity index (χ4v) is 4.60. The molecule has 1 atom stereocenters. The van der Waals surface area contributed by atoms with Crippen LogP contribution in [0.4, 0.5) is 5.69 Å². The van der Waals surface area contributed by atoms with E-state index >= 15 is 0 Å². The zero-order chi connectivity index (χ0) is 24.0. The van der Waals surface area contributed by atoms with Crippen LogP contribution in [0.5, 0.6) is 0 Å². The van der Waals surface area contributed by atoms with Crippen molar-refractivity contribution in [1.82, 2.24) is 10.6 Å². The molecule has 3 rings (SSSR count). The largest absolute Gasteiger partial charge is 0.463 e. The SMILES string of the molecule is CCOC(=O)C1=C(C)NC(CSC2=NCCN2)=C(C(=O)OCC)C1c1cccc([N+](=O)[O-])c1. The fourth-order valence-electron chi connectivity index (χ4n) is 3.70. The number of nitrogens with zero attached hydrogens (tertiary/aromatic N) is 2. The Morgan fingerprint density at radius 3 is 2.52 bits per heavy atom. The highest BCUT2D eigenvalue weighted by molar-refractivity contribution is 8.14. The second-order valence-corrected chi connectivity index (χ2v) is 8.15. The van der Waals surface area contributed by atoms with Crippen molar-refractivity contribution in [3.8, 4) is 0 Å². The summed E-state index contributed by atoms with van der Waals surface area (Å²) in [6.07, 6.45) is 0. The van der Waals surface area contributed by atoms with Gasteiger partial charge in [0.1, 0.15) is 0 Å². The number of nitrogens with one attached hydrogen (secondary N) is 2. The van der Waals surface area contributed by atoms with Gasteiger partial charge in [-0.25, -0.2) is 9.59 Å². The number of hydrogen-bond donors (Lipinski definition) is 2. The molecular formula is C22H26N4O6S. The zero-order valence-electron chi connectivity index (χ0n) is 18.7. The summed E-state index contributed by atoms with van der Waals surface area (Å²) in [4.78, 5) is 41.4. The van der Waals surface area contributed by atoms with E-state index in [0.717, 1.165) is 11.7 Å². The molecular weight excluding hydrogens is 448 g/mol. The number of carbonyl (C=O) groups excluding carboxylic acids is 2. The molecule has 176 valence electrons. The number of thioether (sulfide) groups is 1. The van der Waals surface area contributed by atoms with E-state index in [1.807, 2.05) is 0 Å². The minimum atomic E-state index is -0.890. The summed E-state index contributed by atoms with van der Waals surface area (Å²) in [7, 11) is 0. The van der Waals surface area contributed by atoms with Gasteiger partial charge < -0.3 is 20.1 Å². The van der Waals surface area contributed by atoms with Crippen LogP contribution in [0.1, 0.15) is 32.3 Å². The summed E-state index contributed by atoms with van der Waals surface area (Å²) in [6.45, 7) is 6.81. The lowest BCUT2D eigenvalue weighted by Crippen LogP contribution is -2.34. The standard InChI is InChI=1S/C22H26N4O6S/c1-4-31-20(27)17-13(3)25-16(12-33-22-23-9-10-24-22)19(21(28)32-5-2)18(17)14-7-6-8-15(11-14)26(29)30/h6-8,11,18,25H,4-5,9-10,12H2,1-3H3,(H,23,24). The number of amidine groups is 1. The predicted octanol–water partition coefficient (Wildman–Crippen LogP) is 2.63. The summed E-state index contributed by atoms with van der Waals surface area (Å²) >= 11 is 1.42. The molecule has 0 saturated carbocycles. The van der Waals surface area contributed by atoms with Gasteiger partial charge in [0.15, 0.2) is 5.17 Å². The number of rotatable bonds is 8. The first kappa shape index (κ1) is 24.3. The Balaban J connectivity index is 2.15. The zero-order valence-corrected chi connectivity index (χ0v) is 19.5. The van der Waals surface area contributed by atoms with E-state index in [4.69, 9.17) is 9.47 Å². The van der Waals surface area contributed by atoms with Crippen LogP contribution in [0.2, 0.25) is 0 Å². The Morgan fingerprint density at radius 1 is 1.21 bits per heavy atom. The molecule has 0 fully saturated rings. The second-order valence-electron chi connectivity index (χ2n) is 7.18. The van der Waals surface area contributed by atoms with Crippen molar-refractivity contribution < 1.29 is 24.0 Å². The van der Waals surface area contributed by atoms with Gasteiger partial charge in [-0.15, -0.1) is 0 Å². The van der Waals surface area contributed by atoms with Crippen LogP contribution >= 0.6 is 11.8 Å². The molecule has 0 saturated heterocycles. The highest BCUT2D eigenvalue weighted by atomic mass is 32.2. The molecule has 33 heavy (non-hydrogen) atoms. The topological polar surface area (TPSA) is 132 Å². The van der Waals surface area contributed by atoms with Crippen LogP contribution in [-0.2, 0) is 19.1 Å². The van der Waals surface area contributed by atoms with Gasteiger partial charge in [-0.05, 0) is 26.3 Å². The van der Waals surface area contributed by atoms with Crippen LogP contribution in [0, 0.1) is 10.1 Å². The Labute approximate surface area is 195 Å². The maximum atomic E-state index is 13.2. The van der Waals surface area contributed by atoms with Crippen molar-refractivity contribution in [2.24, 2.45) is 4.99 Å². The summed E-state index contributed by atoms with van der Waals surface area (Å²) in [6, 6.07) is 5.92. The number of allylic oxidation sites excluding steroid dienone is 1. The molecule has 1 unspecified atom stereocenters. The van der Waals surface area contributed by atoms with Gasteiger partial charge in [0.2, 0.25) is 0 Å². The highest BCUT2D eigenvalue weighted by Gasteiger charge is 2.39. The van der Waals surface area contributed by atoms with Gasteiger partial charge in [0, 0.05) is 35.8 Å². The molecule has 1 aromatic rings. The number of nitro benzene ring substituents is 1. The number of dihydropyridines is 1. The molecule has 1 aromatic carbocycles. The number of aliphatic imine (C=N–C) groups is 1. The fraction of sp³-hybridized carbons (Fsp3) is 0.409. The molecule has 0 amide bonds. The quantitative estimate of drug-likeness (QED) is 0.331. The molecule has 2 aliphatic heterocycles. The molecule has 2 N–H and O–H groups in total. The summed E-state index contributed by atoms with van der Waals surface area (Å²) in [5.41, 5.74) is 1.78. The third-order valence-electron chi connectivity index (χ3n) is 5.05. The molecule has 0 aliphatic carbocycles. The minimum Gasteiger partial charge on any atom is -0.463 e. The molecule has 11 heteroatoms. The summed E-state index contributed by atoms with van der Waals surface area (Å²) in [5.74, 6) is -1.74. The van der Waals surface area contributed by atoms with Gasteiger partial charge in [-0.1, -0.05) is 23.9 Å². The first-order valence-corrected chi connectivity index (χ1v) is 11.6. The van der Waals surface area contributed by atoms with Crippen LogP contribution in [0.15, 0.2) is 51.8 Å². The first-order valence-electron chi connectivity index (χ1n) is 10.6. The van der Waals surface area contributed by atoms with Gasteiger partial charge in [0.05, 0.1) is 41.7 Å². The average Bonchev–Trinajstić information content (AvgIpc) is 3.31. The number of ether oxygens (including phenoxy) is 2. The van der Waals surface area contributed by atoms with E-state index in [-0.39, 0.29) is 30.0 Å². The van der Waals surface area contributed by atoms with Gasteiger partial charge in [-0.3, -0.25) is 15.1 Å². The van der Waals surface area contributed by atoms with E-state index in [1.54, 1.807) is 26.8 Å². The molecule has 0 bridgehead atoms. The van der Waals surface area contributed by atoms with Gasteiger partial charge in [-0.2, -0.15) is 0 Å². The number of hydrogen-bond acceptors (Lipinski definition) is 10. The van der Waals surface area contributed by atoms with Crippen LogP contribution < -0.4 is 10.6 Å². The number of non-ortho nitro benzene ring substituents is 1. The van der Waals surface area contributed by atoms with E-state index < -0.39 is 22.8 Å². The first-order chi connectivity index (χ1) is 15.9. The van der Waals surface area contributed by atoms with Crippen LogP contribution in [0.3, 0.4) is 0 Å². The lowest BCUT2D eigenvalue weighted by Gasteiger charge is -2.31. The summed E-state index contributed by atoms with van der Waals surface area (Å²) in [5, 5.41) is 18.5. The Morgan fingerprint density at radius 2 is 1.91 bits per heavy atom. The van der Waals surface area contributed by atoms with E-state index in [9.17, 15) is 19.7 Å². The second kappa shape index (κ2) is 11.0. The summed E-state index contributed by atoms with van der Waals surface area (Å²) < 4.78 is 10.6. The third kappa shape index (κ3) is 5.54. The molecule has 2 heterocycles. The Kier molecular flexibility index (Phi) is 8.10. The van der Waals surface area contributed by atoms with E-state index in [0.29, 0.717) is 29.3 Å². The Hall–Kier alpha value is -3.34.